The van der Waals surface area contributed by atoms with Gasteiger partial charge in [0.05, 0.1) is 5.60 Å². The second kappa shape index (κ2) is 5.81. The number of hydrogen-bond donors (Lipinski definition) is 1. The van der Waals surface area contributed by atoms with Gasteiger partial charge in [0, 0.05) is 12.2 Å². The Bertz CT molecular complexity index is 394. The number of hydrogen-bond acceptors (Lipinski definition) is 2. The molecule has 0 saturated carbocycles. The minimum atomic E-state index is -0.956. The molecule has 0 aromatic heterocycles. The second-order valence-electron chi connectivity index (χ2n) is 4.98. The molecule has 18 heavy (non-hydrogen) atoms. The van der Waals surface area contributed by atoms with Gasteiger partial charge in [0.2, 0.25) is 0 Å². The molecular weight excluding hydrogens is 231 g/mol. The quantitative estimate of drug-likeness (QED) is 0.868. The lowest BCUT2D eigenvalue weighted by molar-refractivity contribution is -0.114. The molecule has 0 saturated heterocycles. The molecule has 102 valence electrons. The molecule has 1 aromatic carbocycles. The number of benzene rings is 1. The largest absolute Gasteiger partial charge is 0.385 e. The summed E-state index contributed by atoms with van der Waals surface area (Å²) in [6, 6.07) is 3.33. The number of ether oxygens (including phenoxy) is 1. The summed E-state index contributed by atoms with van der Waals surface area (Å²) in [6.07, 6.45) is -0.336. The summed E-state index contributed by atoms with van der Waals surface area (Å²) in [5.41, 5.74) is 1.21. The van der Waals surface area contributed by atoms with Crippen LogP contribution in [-0.4, -0.2) is 17.3 Å². The van der Waals surface area contributed by atoms with Crippen LogP contribution in [0.15, 0.2) is 12.1 Å². The van der Waals surface area contributed by atoms with Gasteiger partial charge in [-0.2, -0.15) is 0 Å². The summed E-state index contributed by atoms with van der Waals surface area (Å²) in [7, 11) is 0. The lowest BCUT2D eigenvalue weighted by atomic mass is 9.87. The van der Waals surface area contributed by atoms with E-state index in [1.807, 2.05) is 40.7 Å². The van der Waals surface area contributed by atoms with Crippen LogP contribution < -0.4 is 0 Å². The maximum absolute atomic E-state index is 14.1. The molecule has 0 aliphatic rings. The van der Waals surface area contributed by atoms with Gasteiger partial charge in [-0.3, -0.25) is 0 Å². The molecule has 2 unspecified atom stereocenters. The highest BCUT2D eigenvalue weighted by molar-refractivity contribution is 5.34. The Labute approximate surface area is 109 Å². The highest BCUT2D eigenvalue weighted by atomic mass is 19.1. The van der Waals surface area contributed by atoms with E-state index in [9.17, 15) is 9.50 Å². The van der Waals surface area contributed by atoms with Gasteiger partial charge in [0.1, 0.15) is 11.9 Å². The Morgan fingerprint density at radius 2 is 1.94 bits per heavy atom. The van der Waals surface area contributed by atoms with E-state index >= 15 is 0 Å². The number of aliphatic hydroxyl groups is 1. The average Bonchev–Trinajstić information content (AvgIpc) is 2.27. The zero-order valence-corrected chi connectivity index (χ0v) is 11.9. The standard InChI is InChI=1S/C15H23FO2/c1-6-15(5,18-7-2)14(17)13-11(4)8-10(3)9-12(13)16/h8-9,14,17H,6-7H2,1-5H3. The van der Waals surface area contributed by atoms with Crippen molar-refractivity contribution in [3.63, 3.8) is 0 Å². The predicted octanol–water partition coefficient (Wildman–Crippen LogP) is 3.68. The minimum absolute atomic E-state index is 0.346. The summed E-state index contributed by atoms with van der Waals surface area (Å²) in [5.74, 6) is -0.362. The van der Waals surface area contributed by atoms with Crippen LogP contribution >= 0.6 is 0 Å². The molecule has 0 spiro atoms. The third-order valence-electron chi connectivity index (χ3n) is 3.51. The first-order valence-corrected chi connectivity index (χ1v) is 6.44. The van der Waals surface area contributed by atoms with Crippen molar-refractivity contribution in [2.45, 2.75) is 52.7 Å². The van der Waals surface area contributed by atoms with Crippen molar-refractivity contribution in [2.24, 2.45) is 0 Å². The fourth-order valence-electron chi connectivity index (χ4n) is 2.28. The summed E-state index contributed by atoms with van der Waals surface area (Å²) in [4.78, 5) is 0. The van der Waals surface area contributed by atoms with E-state index < -0.39 is 11.7 Å². The fraction of sp³-hybridized carbons (Fsp3) is 0.600. The first-order chi connectivity index (χ1) is 8.35. The lowest BCUT2D eigenvalue weighted by Gasteiger charge is -2.34. The highest BCUT2D eigenvalue weighted by Crippen LogP contribution is 2.35. The van der Waals surface area contributed by atoms with Gasteiger partial charge in [-0.1, -0.05) is 13.0 Å². The molecule has 0 fully saturated rings. The molecule has 0 radical (unpaired) electrons. The Balaban J connectivity index is 3.21. The second-order valence-corrected chi connectivity index (χ2v) is 4.98. The van der Waals surface area contributed by atoms with Gasteiger partial charge in [-0.15, -0.1) is 0 Å². The van der Waals surface area contributed by atoms with Gasteiger partial charge >= 0.3 is 0 Å². The molecule has 1 rings (SSSR count). The summed E-state index contributed by atoms with van der Waals surface area (Å²) >= 11 is 0. The van der Waals surface area contributed by atoms with Crippen LogP contribution in [0.3, 0.4) is 0 Å². The Hall–Kier alpha value is -0.930. The maximum Gasteiger partial charge on any atom is 0.129 e. The number of aliphatic hydroxyl groups excluding tert-OH is 1. The monoisotopic (exact) mass is 254 g/mol. The Morgan fingerprint density at radius 1 is 1.33 bits per heavy atom. The fourth-order valence-corrected chi connectivity index (χ4v) is 2.28. The van der Waals surface area contributed by atoms with E-state index in [-0.39, 0.29) is 5.82 Å². The number of halogens is 1. The van der Waals surface area contributed by atoms with Crippen LogP contribution in [0.1, 0.15) is 50.0 Å². The third kappa shape index (κ3) is 2.90. The van der Waals surface area contributed by atoms with Crippen LogP contribution in [0.5, 0.6) is 0 Å². The molecule has 3 heteroatoms. The zero-order chi connectivity index (χ0) is 13.9. The molecule has 0 aliphatic carbocycles. The van der Waals surface area contributed by atoms with Gasteiger partial charge in [0.15, 0.2) is 0 Å². The van der Waals surface area contributed by atoms with Crippen molar-refractivity contribution in [1.29, 1.82) is 0 Å². The van der Waals surface area contributed by atoms with Crippen molar-refractivity contribution in [3.8, 4) is 0 Å². The van der Waals surface area contributed by atoms with Crippen molar-refractivity contribution >= 4 is 0 Å². The van der Waals surface area contributed by atoms with Crippen molar-refractivity contribution < 1.29 is 14.2 Å². The highest BCUT2D eigenvalue weighted by Gasteiger charge is 2.35. The molecule has 2 nitrogen and oxygen atoms in total. The van der Waals surface area contributed by atoms with Crippen LogP contribution in [0.2, 0.25) is 0 Å². The Morgan fingerprint density at radius 3 is 2.39 bits per heavy atom. The van der Waals surface area contributed by atoms with E-state index in [1.54, 1.807) is 0 Å². The van der Waals surface area contributed by atoms with E-state index in [0.717, 1.165) is 11.1 Å². The summed E-state index contributed by atoms with van der Waals surface area (Å²) in [6.45, 7) is 9.78. The van der Waals surface area contributed by atoms with Crippen LogP contribution in [-0.2, 0) is 4.74 Å². The van der Waals surface area contributed by atoms with Crippen LogP contribution in [0.4, 0.5) is 4.39 Å². The lowest BCUT2D eigenvalue weighted by Crippen LogP contribution is -2.36. The van der Waals surface area contributed by atoms with Crippen molar-refractivity contribution in [1.82, 2.24) is 0 Å². The van der Waals surface area contributed by atoms with E-state index in [1.165, 1.54) is 6.07 Å². The van der Waals surface area contributed by atoms with Gasteiger partial charge in [-0.25, -0.2) is 4.39 Å². The summed E-state index contributed by atoms with van der Waals surface area (Å²) in [5, 5.41) is 10.5. The molecule has 0 bridgehead atoms. The number of aryl methyl sites for hydroxylation is 2. The molecule has 1 N–H and O–H groups in total. The van der Waals surface area contributed by atoms with Gasteiger partial charge in [-0.05, 0) is 51.3 Å². The van der Waals surface area contributed by atoms with Gasteiger partial charge < -0.3 is 9.84 Å². The molecule has 2 atom stereocenters. The maximum atomic E-state index is 14.1. The van der Waals surface area contributed by atoms with E-state index in [2.05, 4.69) is 0 Å². The first kappa shape index (κ1) is 15.1. The van der Waals surface area contributed by atoms with E-state index in [4.69, 9.17) is 4.74 Å². The molecule has 1 aromatic rings. The van der Waals surface area contributed by atoms with Crippen molar-refractivity contribution in [2.75, 3.05) is 6.61 Å². The van der Waals surface area contributed by atoms with Gasteiger partial charge in [0.25, 0.3) is 0 Å². The number of rotatable bonds is 5. The third-order valence-corrected chi connectivity index (χ3v) is 3.51. The SMILES string of the molecule is CCOC(C)(CC)C(O)c1c(C)cc(C)cc1F. The smallest absolute Gasteiger partial charge is 0.129 e. The minimum Gasteiger partial charge on any atom is -0.385 e. The topological polar surface area (TPSA) is 29.5 Å². The average molecular weight is 254 g/mol. The summed E-state index contributed by atoms with van der Waals surface area (Å²) < 4.78 is 19.7. The molecule has 0 aliphatic heterocycles. The first-order valence-electron chi connectivity index (χ1n) is 6.44. The van der Waals surface area contributed by atoms with Crippen LogP contribution in [0, 0.1) is 19.7 Å². The Kier molecular flexibility index (Phi) is 4.88. The molecular formula is C15H23FO2. The van der Waals surface area contributed by atoms with E-state index in [0.29, 0.717) is 18.6 Å². The zero-order valence-electron chi connectivity index (χ0n) is 11.9. The van der Waals surface area contributed by atoms with Crippen LogP contribution in [0.25, 0.3) is 0 Å². The molecule has 0 amide bonds. The van der Waals surface area contributed by atoms with Crippen molar-refractivity contribution in [3.05, 3.63) is 34.6 Å². The normalized spacial score (nSPS) is 16.4. The molecule has 0 heterocycles. The predicted molar refractivity (Wildman–Crippen MR) is 71.2 cm³/mol.